The van der Waals surface area contributed by atoms with E-state index in [-0.39, 0.29) is 18.7 Å². The Morgan fingerprint density at radius 1 is 1.04 bits per heavy atom. The van der Waals surface area contributed by atoms with Crippen LogP contribution in [0.1, 0.15) is 12.0 Å². The summed E-state index contributed by atoms with van der Waals surface area (Å²) in [6, 6.07) is 12.6. The Kier molecular flexibility index (Phi) is 4.91. The minimum atomic E-state index is -4.37. The minimum absolute atomic E-state index is 0.0585. The lowest BCUT2D eigenvalue weighted by Crippen LogP contribution is -2.25. The number of fused-ring (bicyclic) bond motifs is 1. The van der Waals surface area contributed by atoms with E-state index < -0.39 is 11.7 Å². The Hall–Kier alpha value is -2.71. The van der Waals surface area contributed by atoms with E-state index in [9.17, 15) is 18.3 Å². The average molecular weight is 388 g/mol. The zero-order valence-electron chi connectivity index (χ0n) is 14.9. The summed E-state index contributed by atoms with van der Waals surface area (Å²) in [6.45, 7) is 0.791. The highest BCUT2D eigenvalue weighted by atomic mass is 19.4. The van der Waals surface area contributed by atoms with Crippen molar-refractivity contribution < 1.29 is 18.3 Å². The highest BCUT2D eigenvalue weighted by Gasteiger charge is 2.30. The number of hydrogen-bond acceptors (Lipinski definition) is 5. The summed E-state index contributed by atoms with van der Waals surface area (Å²) in [7, 11) is 0. The van der Waals surface area contributed by atoms with Crippen LogP contribution in [0.15, 0.2) is 48.5 Å². The molecule has 4 rings (SSSR count). The molecule has 2 aromatic carbocycles. The first-order valence-corrected chi connectivity index (χ1v) is 8.99. The Morgan fingerprint density at radius 3 is 2.39 bits per heavy atom. The van der Waals surface area contributed by atoms with E-state index in [0.29, 0.717) is 23.6 Å². The van der Waals surface area contributed by atoms with Gasteiger partial charge in [-0.25, -0.2) is 0 Å². The average Bonchev–Trinajstić information content (AvgIpc) is 3.15. The lowest BCUT2D eigenvalue weighted by atomic mass is 10.0. The third kappa shape index (κ3) is 3.65. The number of benzene rings is 2. The van der Waals surface area contributed by atoms with Crippen LogP contribution >= 0.6 is 0 Å². The van der Waals surface area contributed by atoms with Crippen molar-refractivity contribution in [2.75, 3.05) is 18.5 Å². The van der Waals surface area contributed by atoms with Gasteiger partial charge in [0.15, 0.2) is 5.82 Å². The molecule has 28 heavy (non-hydrogen) atoms. The molecule has 0 saturated carbocycles. The van der Waals surface area contributed by atoms with E-state index in [0.717, 1.165) is 29.3 Å². The fraction of sp³-hybridized carbons (Fsp3) is 0.300. The molecule has 3 N–H and O–H groups in total. The summed E-state index contributed by atoms with van der Waals surface area (Å²) in [5.41, 5.74) is 0.415. The minimum Gasteiger partial charge on any atom is -0.395 e. The van der Waals surface area contributed by atoms with E-state index in [1.54, 1.807) is 0 Å². The van der Waals surface area contributed by atoms with Gasteiger partial charge in [0.2, 0.25) is 0 Å². The normalized spacial score (nSPS) is 19.9. The number of hydrogen-bond donors (Lipinski definition) is 3. The Morgan fingerprint density at radius 2 is 1.75 bits per heavy atom. The van der Waals surface area contributed by atoms with Crippen LogP contribution in [-0.4, -0.2) is 40.5 Å². The summed E-state index contributed by atoms with van der Waals surface area (Å²) in [6.07, 6.45) is -3.60. The van der Waals surface area contributed by atoms with Gasteiger partial charge in [0.1, 0.15) is 5.69 Å². The second kappa shape index (κ2) is 7.37. The maximum absolute atomic E-state index is 12.8. The molecule has 0 unspecified atom stereocenters. The number of aliphatic hydroxyl groups excluding tert-OH is 1. The monoisotopic (exact) mass is 388 g/mol. The number of halogens is 3. The Bertz CT molecular complexity index is 975. The van der Waals surface area contributed by atoms with E-state index in [4.69, 9.17) is 0 Å². The number of anilines is 1. The molecule has 1 aromatic heterocycles. The van der Waals surface area contributed by atoms with E-state index in [1.807, 2.05) is 24.3 Å². The number of rotatable bonds is 4. The molecule has 0 bridgehead atoms. The van der Waals surface area contributed by atoms with Gasteiger partial charge in [0.25, 0.3) is 0 Å². The van der Waals surface area contributed by atoms with Crippen molar-refractivity contribution in [3.05, 3.63) is 54.1 Å². The lowest BCUT2D eigenvalue weighted by molar-refractivity contribution is -0.137. The summed E-state index contributed by atoms with van der Waals surface area (Å²) in [5.74, 6) is 0.622. The van der Waals surface area contributed by atoms with Crippen molar-refractivity contribution in [3.8, 4) is 11.3 Å². The SMILES string of the molecule is OC[C@@H]1C[C@H](Nc2nnc(-c3ccc(C(F)(F)F)cc3)c3ccccc23)CN1. The number of nitrogens with one attached hydrogen (secondary N) is 2. The van der Waals surface area contributed by atoms with Gasteiger partial charge in [-0.05, 0) is 18.6 Å². The molecule has 5 nitrogen and oxygen atoms in total. The zero-order valence-corrected chi connectivity index (χ0v) is 14.9. The van der Waals surface area contributed by atoms with Gasteiger partial charge >= 0.3 is 6.18 Å². The molecule has 1 aliphatic heterocycles. The first-order valence-electron chi connectivity index (χ1n) is 8.99. The van der Waals surface area contributed by atoms with Crippen molar-refractivity contribution in [2.24, 2.45) is 0 Å². The summed E-state index contributed by atoms with van der Waals surface area (Å²) < 4.78 is 38.5. The van der Waals surface area contributed by atoms with Gasteiger partial charge in [-0.15, -0.1) is 10.2 Å². The zero-order chi connectivity index (χ0) is 19.7. The van der Waals surface area contributed by atoms with Crippen molar-refractivity contribution >= 4 is 16.6 Å². The predicted octanol–water partition coefficient (Wildman–Crippen LogP) is 3.45. The second-order valence-electron chi connectivity index (χ2n) is 6.88. The van der Waals surface area contributed by atoms with Crippen LogP contribution in [0.3, 0.4) is 0 Å². The van der Waals surface area contributed by atoms with Crippen molar-refractivity contribution in [1.82, 2.24) is 15.5 Å². The van der Waals surface area contributed by atoms with Crippen LogP contribution in [-0.2, 0) is 6.18 Å². The van der Waals surface area contributed by atoms with Crippen LogP contribution in [0.25, 0.3) is 22.0 Å². The topological polar surface area (TPSA) is 70.1 Å². The van der Waals surface area contributed by atoms with Gasteiger partial charge in [-0.3, -0.25) is 0 Å². The third-order valence-electron chi connectivity index (χ3n) is 4.96. The Balaban J connectivity index is 1.68. The van der Waals surface area contributed by atoms with Crippen LogP contribution in [0.2, 0.25) is 0 Å². The van der Waals surface area contributed by atoms with Gasteiger partial charge in [0, 0.05) is 35.0 Å². The number of nitrogens with zero attached hydrogens (tertiary/aromatic N) is 2. The van der Waals surface area contributed by atoms with Crippen LogP contribution in [0.4, 0.5) is 19.0 Å². The molecule has 8 heteroatoms. The lowest BCUT2D eigenvalue weighted by Gasteiger charge is -2.15. The van der Waals surface area contributed by atoms with E-state index >= 15 is 0 Å². The Labute approximate surface area is 159 Å². The van der Waals surface area contributed by atoms with Crippen LogP contribution in [0.5, 0.6) is 0 Å². The van der Waals surface area contributed by atoms with Crippen molar-refractivity contribution in [2.45, 2.75) is 24.7 Å². The van der Waals surface area contributed by atoms with Gasteiger partial charge in [-0.1, -0.05) is 36.4 Å². The van der Waals surface area contributed by atoms with Crippen LogP contribution in [0, 0.1) is 0 Å². The largest absolute Gasteiger partial charge is 0.416 e. The van der Waals surface area contributed by atoms with Gasteiger partial charge in [-0.2, -0.15) is 13.2 Å². The quantitative estimate of drug-likeness (QED) is 0.639. The molecule has 1 aliphatic rings. The molecule has 146 valence electrons. The number of aromatic nitrogens is 2. The van der Waals surface area contributed by atoms with E-state index in [2.05, 4.69) is 20.8 Å². The standard InChI is InChI=1S/C20H19F3N4O/c21-20(22,23)13-7-5-12(6-8-13)18-16-3-1-2-4-17(16)19(27-26-18)25-14-9-15(11-28)24-10-14/h1-8,14-15,24,28H,9-11H2,(H,25,27)/t14-,15-/m0/s1. The molecule has 0 radical (unpaired) electrons. The highest BCUT2D eigenvalue weighted by Crippen LogP contribution is 2.33. The molecule has 3 aromatic rings. The predicted molar refractivity (Wildman–Crippen MR) is 101 cm³/mol. The highest BCUT2D eigenvalue weighted by molar-refractivity contribution is 6.00. The molecule has 1 fully saturated rings. The summed E-state index contributed by atoms with van der Waals surface area (Å²) >= 11 is 0. The number of aliphatic hydroxyl groups is 1. The molecule has 0 aliphatic carbocycles. The molecule has 2 heterocycles. The maximum atomic E-state index is 12.8. The number of alkyl halides is 3. The molecular weight excluding hydrogens is 369 g/mol. The van der Waals surface area contributed by atoms with Gasteiger partial charge in [0.05, 0.1) is 12.2 Å². The first kappa shape index (κ1) is 18.6. The van der Waals surface area contributed by atoms with E-state index in [1.165, 1.54) is 12.1 Å². The third-order valence-corrected chi connectivity index (χ3v) is 4.96. The van der Waals surface area contributed by atoms with Crippen LogP contribution < -0.4 is 10.6 Å². The molecule has 0 amide bonds. The molecule has 0 spiro atoms. The fourth-order valence-corrected chi connectivity index (χ4v) is 3.50. The van der Waals surface area contributed by atoms with Crippen molar-refractivity contribution in [1.29, 1.82) is 0 Å². The molecule has 1 saturated heterocycles. The molecular formula is C20H19F3N4O. The van der Waals surface area contributed by atoms with Gasteiger partial charge < -0.3 is 15.7 Å². The fourth-order valence-electron chi connectivity index (χ4n) is 3.50. The van der Waals surface area contributed by atoms with Crippen molar-refractivity contribution in [3.63, 3.8) is 0 Å². The summed E-state index contributed by atoms with van der Waals surface area (Å²) in [5, 5.41) is 26.1. The smallest absolute Gasteiger partial charge is 0.395 e. The second-order valence-corrected chi connectivity index (χ2v) is 6.88. The maximum Gasteiger partial charge on any atom is 0.416 e. The first-order chi connectivity index (χ1) is 13.5. The molecule has 2 atom stereocenters. The summed E-state index contributed by atoms with van der Waals surface area (Å²) in [4.78, 5) is 0.